The van der Waals surface area contributed by atoms with Crippen LogP contribution < -0.4 is 0 Å². The Kier molecular flexibility index (Phi) is 4.29. The predicted octanol–water partition coefficient (Wildman–Crippen LogP) is 3.30. The summed E-state index contributed by atoms with van der Waals surface area (Å²) in [6, 6.07) is 8.57. The molecule has 1 unspecified atom stereocenters. The maximum absolute atomic E-state index is 13.0. The van der Waals surface area contributed by atoms with Gasteiger partial charge in [-0.1, -0.05) is 19.1 Å². The fourth-order valence-corrected chi connectivity index (χ4v) is 5.01. The zero-order valence-electron chi connectivity index (χ0n) is 13.2. The number of carbonyl (C=O) groups excluding carboxylic acids is 1. The van der Waals surface area contributed by atoms with E-state index in [1.54, 1.807) is 29.5 Å². The van der Waals surface area contributed by atoms with Crippen molar-refractivity contribution in [2.24, 2.45) is 0 Å². The zero-order valence-corrected chi connectivity index (χ0v) is 14.8. The molecule has 23 heavy (non-hydrogen) atoms. The Balaban J connectivity index is 2.02. The van der Waals surface area contributed by atoms with Gasteiger partial charge in [0.05, 0.1) is 16.5 Å². The lowest BCUT2D eigenvalue weighted by Crippen LogP contribution is -2.39. The Morgan fingerprint density at radius 1 is 1.30 bits per heavy atom. The molecule has 0 aliphatic carbocycles. The molecule has 3 rings (SSSR count). The van der Waals surface area contributed by atoms with Crippen LogP contribution in [0.3, 0.4) is 0 Å². The molecule has 0 radical (unpaired) electrons. The maximum Gasteiger partial charge on any atom is 0.255 e. The second-order valence-corrected chi connectivity index (χ2v) is 8.72. The molecule has 0 saturated heterocycles. The molecule has 1 aromatic carbocycles. The molecule has 0 N–H and O–H groups in total. The number of nitrogens with zero attached hydrogens (tertiary/aromatic N) is 1. The number of benzene rings is 1. The highest BCUT2D eigenvalue weighted by Gasteiger charge is 2.32. The molecule has 1 aromatic heterocycles. The van der Waals surface area contributed by atoms with Crippen LogP contribution in [0.4, 0.5) is 0 Å². The molecule has 0 saturated carbocycles. The van der Waals surface area contributed by atoms with E-state index >= 15 is 0 Å². The number of thiophene rings is 1. The normalized spacial score (nSPS) is 17.8. The van der Waals surface area contributed by atoms with Crippen LogP contribution in [-0.4, -0.2) is 32.0 Å². The van der Waals surface area contributed by atoms with E-state index in [0.717, 1.165) is 19.1 Å². The van der Waals surface area contributed by atoms with Crippen LogP contribution in [0.2, 0.25) is 0 Å². The van der Waals surface area contributed by atoms with Crippen LogP contribution in [0.25, 0.3) is 0 Å². The Morgan fingerprint density at radius 2 is 2.04 bits per heavy atom. The number of rotatable bonds is 3. The van der Waals surface area contributed by atoms with Crippen LogP contribution in [0.5, 0.6) is 0 Å². The number of sulfone groups is 1. The van der Waals surface area contributed by atoms with Gasteiger partial charge >= 0.3 is 0 Å². The summed E-state index contributed by atoms with van der Waals surface area (Å²) in [5.41, 5.74) is 1.47. The number of fused-ring (bicyclic) bond motifs is 1. The summed E-state index contributed by atoms with van der Waals surface area (Å²) in [4.78, 5) is 16.3. The van der Waals surface area contributed by atoms with Gasteiger partial charge in [-0.2, -0.15) is 0 Å². The second kappa shape index (κ2) is 6.09. The van der Waals surface area contributed by atoms with E-state index in [0.29, 0.717) is 6.54 Å². The van der Waals surface area contributed by atoms with Gasteiger partial charge in [0.2, 0.25) is 0 Å². The maximum atomic E-state index is 13.0. The zero-order chi connectivity index (χ0) is 16.6. The predicted molar refractivity (Wildman–Crippen MR) is 91.6 cm³/mol. The van der Waals surface area contributed by atoms with Crippen LogP contribution in [0, 0.1) is 0 Å². The van der Waals surface area contributed by atoms with Crippen LogP contribution in [0.15, 0.2) is 40.6 Å². The highest BCUT2D eigenvalue weighted by Crippen LogP contribution is 2.36. The molecule has 2 heterocycles. The van der Waals surface area contributed by atoms with Gasteiger partial charge < -0.3 is 4.90 Å². The molecule has 0 bridgehead atoms. The van der Waals surface area contributed by atoms with Crippen molar-refractivity contribution in [1.82, 2.24) is 4.90 Å². The van der Waals surface area contributed by atoms with Crippen molar-refractivity contribution in [2.45, 2.75) is 30.7 Å². The SMILES string of the molecule is CCC1c2ccsc2CCN1C(=O)c1ccccc1S(C)(=O)=O. The van der Waals surface area contributed by atoms with Gasteiger partial charge in [-0.15, -0.1) is 11.3 Å². The number of carbonyl (C=O) groups is 1. The lowest BCUT2D eigenvalue weighted by molar-refractivity contribution is 0.0653. The fraction of sp³-hybridized carbons (Fsp3) is 0.353. The van der Waals surface area contributed by atoms with Crippen molar-refractivity contribution in [3.8, 4) is 0 Å². The molecule has 1 atom stereocenters. The Bertz CT molecular complexity index is 839. The minimum atomic E-state index is -3.44. The first kappa shape index (κ1) is 16.2. The second-order valence-electron chi connectivity index (χ2n) is 5.74. The van der Waals surface area contributed by atoms with E-state index in [9.17, 15) is 13.2 Å². The van der Waals surface area contributed by atoms with E-state index in [-0.39, 0.29) is 22.4 Å². The molecular weight excluding hydrogens is 330 g/mol. The Morgan fingerprint density at radius 3 is 2.74 bits per heavy atom. The highest BCUT2D eigenvalue weighted by molar-refractivity contribution is 7.90. The first-order valence-corrected chi connectivity index (χ1v) is 10.4. The number of amides is 1. The van der Waals surface area contributed by atoms with Gasteiger partial charge in [0, 0.05) is 17.7 Å². The average Bonchev–Trinajstić information content (AvgIpc) is 3.01. The third kappa shape index (κ3) is 2.93. The summed E-state index contributed by atoms with van der Waals surface area (Å²) in [7, 11) is -3.44. The van der Waals surface area contributed by atoms with Gasteiger partial charge in [-0.3, -0.25) is 4.79 Å². The molecule has 4 nitrogen and oxygen atoms in total. The quantitative estimate of drug-likeness (QED) is 0.854. The third-order valence-electron chi connectivity index (χ3n) is 4.26. The lowest BCUT2D eigenvalue weighted by Gasteiger charge is -2.35. The van der Waals surface area contributed by atoms with Gasteiger partial charge in [0.1, 0.15) is 0 Å². The summed E-state index contributed by atoms with van der Waals surface area (Å²) in [6.45, 7) is 2.68. The van der Waals surface area contributed by atoms with Crippen molar-refractivity contribution >= 4 is 27.1 Å². The van der Waals surface area contributed by atoms with Crippen molar-refractivity contribution < 1.29 is 13.2 Å². The monoisotopic (exact) mass is 349 g/mol. The van der Waals surface area contributed by atoms with Gasteiger partial charge in [-0.25, -0.2) is 8.42 Å². The van der Waals surface area contributed by atoms with E-state index < -0.39 is 9.84 Å². The molecule has 1 amide bonds. The van der Waals surface area contributed by atoms with E-state index in [1.165, 1.54) is 16.5 Å². The Hall–Kier alpha value is -1.66. The van der Waals surface area contributed by atoms with Crippen molar-refractivity contribution in [2.75, 3.05) is 12.8 Å². The van der Waals surface area contributed by atoms with Crippen molar-refractivity contribution in [3.05, 3.63) is 51.7 Å². The fourth-order valence-electron chi connectivity index (χ4n) is 3.20. The van der Waals surface area contributed by atoms with Crippen LogP contribution in [-0.2, 0) is 16.3 Å². The number of hydrogen-bond acceptors (Lipinski definition) is 4. The van der Waals surface area contributed by atoms with Gasteiger partial charge in [0.15, 0.2) is 9.84 Å². The standard InChI is InChI=1S/C17H19NO3S2/c1-3-14-12-9-11-22-15(12)8-10-18(14)17(19)13-6-4-5-7-16(13)23(2,20)21/h4-7,9,11,14H,3,8,10H2,1-2H3. The first-order valence-electron chi connectivity index (χ1n) is 7.59. The third-order valence-corrected chi connectivity index (χ3v) is 6.41. The topological polar surface area (TPSA) is 54.5 Å². The minimum Gasteiger partial charge on any atom is -0.331 e. The molecule has 122 valence electrons. The average molecular weight is 349 g/mol. The molecule has 0 fully saturated rings. The molecule has 1 aliphatic rings. The molecule has 1 aliphatic heterocycles. The van der Waals surface area contributed by atoms with E-state index in [2.05, 4.69) is 18.4 Å². The van der Waals surface area contributed by atoms with Crippen LogP contribution in [0.1, 0.15) is 40.2 Å². The van der Waals surface area contributed by atoms with Gasteiger partial charge in [-0.05, 0) is 42.0 Å². The first-order chi connectivity index (χ1) is 10.9. The van der Waals surface area contributed by atoms with E-state index in [1.807, 2.05) is 4.90 Å². The number of hydrogen-bond donors (Lipinski definition) is 0. The summed E-state index contributed by atoms with van der Waals surface area (Å²) >= 11 is 1.73. The van der Waals surface area contributed by atoms with Crippen LogP contribution >= 0.6 is 11.3 Å². The smallest absolute Gasteiger partial charge is 0.255 e. The summed E-state index contributed by atoms with van der Waals surface area (Å²) < 4.78 is 24.0. The molecule has 0 spiro atoms. The Labute approximate surface area is 140 Å². The molecule has 6 heteroatoms. The summed E-state index contributed by atoms with van der Waals surface area (Å²) in [5.74, 6) is -0.199. The summed E-state index contributed by atoms with van der Waals surface area (Å²) in [6.07, 6.45) is 2.79. The minimum absolute atomic E-state index is 0.0186. The van der Waals surface area contributed by atoms with Crippen molar-refractivity contribution in [1.29, 1.82) is 0 Å². The molecule has 2 aromatic rings. The van der Waals surface area contributed by atoms with Gasteiger partial charge in [0.25, 0.3) is 5.91 Å². The lowest BCUT2D eigenvalue weighted by atomic mass is 9.97. The van der Waals surface area contributed by atoms with E-state index in [4.69, 9.17) is 0 Å². The van der Waals surface area contributed by atoms with Crippen molar-refractivity contribution in [3.63, 3.8) is 0 Å². The highest BCUT2D eigenvalue weighted by atomic mass is 32.2. The largest absolute Gasteiger partial charge is 0.331 e. The summed E-state index contributed by atoms with van der Waals surface area (Å²) in [5, 5.41) is 2.06. The molecular formula is C17H19NO3S2.